The van der Waals surface area contributed by atoms with Gasteiger partial charge in [0.1, 0.15) is 5.70 Å². The first-order valence-electron chi connectivity index (χ1n) is 9.24. The van der Waals surface area contributed by atoms with Crippen LogP contribution in [-0.4, -0.2) is 34.4 Å². The molecule has 2 amide bonds. The second kappa shape index (κ2) is 8.05. The lowest BCUT2D eigenvalue weighted by atomic mass is 10.1. The highest BCUT2D eigenvalue weighted by molar-refractivity contribution is 6.30. The first kappa shape index (κ1) is 19.3. The minimum absolute atomic E-state index is 0.219. The molecule has 27 heavy (non-hydrogen) atoms. The van der Waals surface area contributed by atoms with Crippen molar-refractivity contribution in [2.75, 3.05) is 6.54 Å². The maximum absolute atomic E-state index is 13.0. The maximum Gasteiger partial charge on any atom is 0.279 e. The number of hydrogen-bond donors (Lipinski definition) is 2. The summed E-state index contributed by atoms with van der Waals surface area (Å²) in [6.45, 7) is 6.24. The third-order valence-electron chi connectivity index (χ3n) is 4.79. The SMILES string of the molecule is CCCCCN1C(C)=C(NC(C)=O)C(=O)N2C=C(c3cccc(Cl)c3)NC21. The molecule has 0 radical (unpaired) electrons. The highest BCUT2D eigenvalue weighted by Crippen LogP contribution is 2.31. The Morgan fingerprint density at radius 2 is 2.11 bits per heavy atom. The van der Waals surface area contributed by atoms with E-state index in [4.69, 9.17) is 11.6 Å². The lowest BCUT2D eigenvalue weighted by Crippen LogP contribution is -2.57. The van der Waals surface area contributed by atoms with Gasteiger partial charge in [0.25, 0.3) is 5.91 Å². The van der Waals surface area contributed by atoms with E-state index in [2.05, 4.69) is 22.5 Å². The number of unbranched alkanes of at least 4 members (excludes halogenated alkanes) is 2. The largest absolute Gasteiger partial charge is 0.346 e. The lowest BCUT2D eigenvalue weighted by Gasteiger charge is -2.42. The highest BCUT2D eigenvalue weighted by Gasteiger charge is 2.41. The van der Waals surface area contributed by atoms with Crippen LogP contribution in [0, 0.1) is 0 Å². The van der Waals surface area contributed by atoms with Gasteiger partial charge < -0.3 is 15.5 Å². The van der Waals surface area contributed by atoms with Crippen molar-refractivity contribution in [3.63, 3.8) is 0 Å². The van der Waals surface area contributed by atoms with Crippen LogP contribution in [0.5, 0.6) is 0 Å². The van der Waals surface area contributed by atoms with Crippen molar-refractivity contribution >= 4 is 29.1 Å². The summed E-state index contributed by atoms with van der Waals surface area (Å²) in [7, 11) is 0. The molecule has 7 heteroatoms. The normalized spacial score (nSPS) is 19.0. The Labute approximate surface area is 164 Å². The smallest absolute Gasteiger partial charge is 0.279 e. The van der Waals surface area contributed by atoms with Crippen LogP contribution in [0.1, 0.15) is 45.6 Å². The number of amides is 2. The van der Waals surface area contributed by atoms with Crippen LogP contribution in [-0.2, 0) is 9.59 Å². The van der Waals surface area contributed by atoms with E-state index in [0.29, 0.717) is 10.7 Å². The molecule has 3 rings (SSSR count). The van der Waals surface area contributed by atoms with Gasteiger partial charge >= 0.3 is 0 Å². The van der Waals surface area contributed by atoms with Gasteiger partial charge in [-0.25, -0.2) is 0 Å². The number of hydrogen-bond acceptors (Lipinski definition) is 4. The van der Waals surface area contributed by atoms with Crippen LogP contribution in [0.15, 0.2) is 41.9 Å². The molecular weight excluding hydrogens is 364 g/mol. The van der Waals surface area contributed by atoms with E-state index < -0.39 is 0 Å². The van der Waals surface area contributed by atoms with Crippen molar-refractivity contribution in [2.45, 2.75) is 46.3 Å². The highest BCUT2D eigenvalue weighted by atomic mass is 35.5. The summed E-state index contributed by atoms with van der Waals surface area (Å²) in [6.07, 6.45) is 4.71. The summed E-state index contributed by atoms with van der Waals surface area (Å²) in [5, 5.41) is 6.78. The molecule has 1 atom stereocenters. The molecule has 2 aliphatic heterocycles. The molecule has 0 spiro atoms. The molecule has 0 bridgehead atoms. The molecule has 144 valence electrons. The number of allylic oxidation sites excluding steroid dienone is 1. The average molecular weight is 389 g/mol. The standard InChI is InChI=1S/C20H25ClN4O2/c1-4-5-6-10-24-13(2)18(22-14(3)26)19(27)25-12-17(23-20(24)25)15-8-7-9-16(21)11-15/h7-9,11-12,20,23H,4-6,10H2,1-3H3,(H,22,26). The molecule has 0 aromatic heterocycles. The Kier molecular flexibility index (Phi) is 5.75. The Morgan fingerprint density at radius 1 is 1.33 bits per heavy atom. The third-order valence-corrected chi connectivity index (χ3v) is 5.03. The maximum atomic E-state index is 13.0. The molecular formula is C20H25ClN4O2. The van der Waals surface area contributed by atoms with Crippen molar-refractivity contribution in [3.05, 3.63) is 52.4 Å². The van der Waals surface area contributed by atoms with Crippen molar-refractivity contribution in [3.8, 4) is 0 Å². The van der Waals surface area contributed by atoms with Gasteiger partial charge in [-0.3, -0.25) is 14.5 Å². The summed E-state index contributed by atoms with van der Waals surface area (Å²) in [5.41, 5.74) is 2.85. The van der Waals surface area contributed by atoms with E-state index in [1.165, 1.54) is 6.92 Å². The second-order valence-electron chi connectivity index (χ2n) is 6.83. The molecule has 2 heterocycles. The van der Waals surface area contributed by atoms with E-state index in [1.54, 1.807) is 11.1 Å². The van der Waals surface area contributed by atoms with Crippen LogP contribution in [0.3, 0.4) is 0 Å². The van der Waals surface area contributed by atoms with E-state index in [1.807, 2.05) is 31.2 Å². The number of halogens is 1. The number of rotatable bonds is 6. The number of carbonyl (C=O) groups excluding carboxylic acids is 2. The van der Waals surface area contributed by atoms with Crippen LogP contribution in [0.2, 0.25) is 5.02 Å². The lowest BCUT2D eigenvalue weighted by molar-refractivity contribution is -0.133. The van der Waals surface area contributed by atoms with E-state index in [-0.39, 0.29) is 18.1 Å². The number of carbonyl (C=O) groups is 2. The van der Waals surface area contributed by atoms with Crippen molar-refractivity contribution in [1.29, 1.82) is 0 Å². The zero-order valence-electron chi connectivity index (χ0n) is 15.9. The molecule has 1 aromatic rings. The topological polar surface area (TPSA) is 64.7 Å². The molecule has 2 aliphatic rings. The Bertz CT molecular complexity index is 818. The van der Waals surface area contributed by atoms with E-state index >= 15 is 0 Å². The predicted octanol–water partition coefficient (Wildman–Crippen LogP) is 3.23. The minimum Gasteiger partial charge on any atom is -0.346 e. The Hall–Kier alpha value is -2.47. The van der Waals surface area contributed by atoms with Crippen molar-refractivity contribution < 1.29 is 9.59 Å². The van der Waals surface area contributed by atoms with E-state index in [0.717, 1.165) is 42.8 Å². The van der Waals surface area contributed by atoms with Gasteiger partial charge in [-0.2, -0.15) is 0 Å². The first-order valence-corrected chi connectivity index (χ1v) is 9.62. The second-order valence-corrected chi connectivity index (χ2v) is 7.26. The third kappa shape index (κ3) is 3.95. The molecule has 1 aromatic carbocycles. The Morgan fingerprint density at radius 3 is 2.78 bits per heavy atom. The monoisotopic (exact) mass is 388 g/mol. The average Bonchev–Trinajstić information content (AvgIpc) is 3.07. The van der Waals surface area contributed by atoms with Gasteiger partial charge in [-0.1, -0.05) is 43.5 Å². The molecule has 6 nitrogen and oxygen atoms in total. The van der Waals surface area contributed by atoms with Crippen molar-refractivity contribution in [2.24, 2.45) is 0 Å². The fourth-order valence-electron chi connectivity index (χ4n) is 3.42. The summed E-state index contributed by atoms with van der Waals surface area (Å²) in [6, 6.07) is 7.51. The Balaban J connectivity index is 1.93. The van der Waals surface area contributed by atoms with Gasteiger partial charge in [0, 0.05) is 36.0 Å². The number of fused-ring (bicyclic) bond motifs is 1. The summed E-state index contributed by atoms with van der Waals surface area (Å²) < 4.78 is 0. The molecule has 2 N–H and O–H groups in total. The van der Waals surface area contributed by atoms with Gasteiger partial charge in [0.2, 0.25) is 5.91 Å². The van der Waals surface area contributed by atoms with Crippen LogP contribution in [0.4, 0.5) is 0 Å². The van der Waals surface area contributed by atoms with E-state index in [9.17, 15) is 9.59 Å². The quantitative estimate of drug-likeness (QED) is 0.734. The number of nitrogens with one attached hydrogen (secondary N) is 2. The van der Waals surface area contributed by atoms with Gasteiger partial charge in [-0.05, 0) is 25.5 Å². The first-order chi connectivity index (χ1) is 12.9. The summed E-state index contributed by atoms with van der Waals surface area (Å²) in [4.78, 5) is 28.4. The van der Waals surface area contributed by atoms with Gasteiger partial charge in [0.05, 0.1) is 5.70 Å². The predicted molar refractivity (Wildman–Crippen MR) is 106 cm³/mol. The molecule has 0 fully saturated rings. The molecule has 0 aliphatic carbocycles. The fourth-order valence-corrected chi connectivity index (χ4v) is 3.61. The molecule has 0 saturated heterocycles. The summed E-state index contributed by atoms with van der Waals surface area (Å²) >= 11 is 6.12. The van der Waals surface area contributed by atoms with Gasteiger partial charge in [-0.15, -0.1) is 0 Å². The molecule has 1 unspecified atom stereocenters. The van der Waals surface area contributed by atoms with Crippen LogP contribution in [0.25, 0.3) is 5.70 Å². The fraction of sp³-hybridized carbons (Fsp3) is 0.400. The number of benzene rings is 1. The van der Waals surface area contributed by atoms with Crippen LogP contribution >= 0.6 is 11.6 Å². The zero-order chi connectivity index (χ0) is 19.6. The van der Waals surface area contributed by atoms with Gasteiger partial charge in [0.15, 0.2) is 6.29 Å². The zero-order valence-corrected chi connectivity index (χ0v) is 16.6. The van der Waals surface area contributed by atoms with Crippen LogP contribution < -0.4 is 10.6 Å². The van der Waals surface area contributed by atoms with Crippen molar-refractivity contribution in [1.82, 2.24) is 20.4 Å². The number of nitrogens with zero attached hydrogens (tertiary/aromatic N) is 2. The minimum atomic E-state index is -0.305. The summed E-state index contributed by atoms with van der Waals surface area (Å²) in [5.74, 6) is -0.472. The molecule has 0 saturated carbocycles.